The highest BCUT2D eigenvalue weighted by molar-refractivity contribution is 6.19. The maximum Gasteiger partial charge on any atom is 0.341 e. The van der Waals surface area contributed by atoms with Gasteiger partial charge in [0.1, 0.15) is 5.60 Å². The Morgan fingerprint density at radius 2 is 1.97 bits per heavy atom. The quantitative estimate of drug-likeness (QED) is 0.324. The Morgan fingerprint density at radius 1 is 1.31 bits per heavy atom. The van der Waals surface area contributed by atoms with Crippen molar-refractivity contribution in [2.75, 3.05) is 13.0 Å². The van der Waals surface area contributed by atoms with Gasteiger partial charge in [-0.05, 0) is 33.3 Å². The normalized spacial score (nSPS) is 17.0. The van der Waals surface area contributed by atoms with E-state index < -0.39 is 28.5 Å². The maximum absolute atomic E-state index is 13.0. The Kier molecular flexibility index (Phi) is 6.69. The van der Waals surface area contributed by atoms with Gasteiger partial charge in [-0.3, -0.25) is 10.1 Å². The van der Waals surface area contributed by atoms with Gasteiger partial charge < -0.3 is 14.8 Å². The number of hydrogen-bond donors (Lipinski definition) is 1. The number of nitrogens with zero attached hydrogens (tertiary/aromatic N) is 1. The van der Waals surface area contributed by atoms with Crippen LogP contribution in [0.4, 0.5) is 5.69 Å². The fourth-order valence-corrected chi connectivity index (χ4v) is 3.11. The molecule has 1 heterocycles. The van der Waals surface area contributed by atoms with Crippen LogP contribution in [0.25, 0.3) is 5.57 Å². The van der Waals surface area contributed by atoms with Gasteiger partial charge in [0.05, 0.1) is 35.1 Å². The lowest BCUT2D eigenvalue weighted by Gasteiger charge is -2.31. The van der Waals surface area contributed by atoms with E-state index in [1.54, 1.807) is 33.8 Å². The number of nitrogens with one attached hydrogen (secondary N) is 1. The lowest BCUT2D eigenvalue weighted by molar-refractivity contribution is -0.384. The fraction of sp³-hybridized carbons (Fsp3) is 0.400. The highest BCUT2D eigenvalue weighted by Gasteiger charge is 2.36. The molecule has 0 spiro atoms. The Balaban J connectivity index is 2.76. The third kappa shape index (κ3) is 4.76. The number of allylic oxidation sites excluding steroid dienone is 1. The number of non-ortho nitro benzene ring substituents is 1. The molecule has 156 valence electrons. The van der Waals surface area contributed by atoms with Crippen LogP contribution in [0.15, 0.2) is 41.1 Å². The van der Waals surface area contributed by atoms with Gasteiger partial charge in [0.2, 0.25) is 0 Å². The molecular formula is C20H23ClN2O6. The third-order valence-corrected chi connectivity index (χ3v) is 5.05. The minimum Gasteiger partial charge on any atom is -0.466 e. The van der Waals surface area contributed by atoms with Crippen LogP contribution in [0, 0.1) is 10.1 Å². The molecule has 1 N–H and O–H groups in total. The lowest BCUT2D eigenvalue weighted by Crippen LogP contribution is -2.39. The Hall–Kier alpha value is -2.87. The van der Waals surface area contributed by atoms with Crippen molar-refractivity contribution in [3.05, 3.63) is 56.8 Å². The van der Waals surface area contributed by atoms with E-state index in [1.165, 1.54) is 25.3 Å². The van der Waals surface area contributed by atoms with Crippen LogP contribution in [0.2, 0.25) is 0 Å². The topological polar surface area (TPSA) is 108 Å². The molecule has 1 unspecified atom stereocenters. The summed E-state index contributed by atoms with van der Waals surface area (Å²) in [5.74, 6) is -1.29. The molecule has 8 nitrogen and oxygen atoms in total. The van der Waals surface area contributed by atoms with Crippen LogP contribution in [0.5, 0.6) is 0 Å². The standard InChI is InChI=1S/C20H23ClN2O6/c1-11-15(18(24)28-5)17(13-7-6-8-14(9-13)23(26)27)16(12(2)22-11)19(25)29-20(3,4)10-21/h6-9,11,22H,10H2,1-5H3. The lowest BCUT2D eigenvalue weighted by atomic mass is 9.85. The summed E-state index contributed by atoms with van der Waals surface area (Å²) in [6, 6.07) is 5.23. The minimum absolute atomic E-state index is 0.0641. The van der Waals surface area contributed by atoms with Gasteiger partial charge in [-0.2, -0.15) is 0 Å². The number of dihydropyridines is 1. The summed E-state index contributed by atoms with van der Waals surface area (Å²) in [5, 5.41) is 14.3. The van der Waals surface area contributed by atoms with Gasteiger partial charge in [-0.1, -0.05) is 12.1 Å². The first kappa shape index (κ1) is 22.4. The molecule has 1 aliphatic heterocycles. The molecule has 0 aliphatic carbocycles. The average molecular weight is 423 g/mol. The van der Waals surface area contributed by atoms with Crippen molar-refractivity contribution in [2.24, 2.45) is 0 Å². The number of alkyl halides is 1. The van der Waals surface area contributed by atoms with E-state index in [4.69, 9.17) is 21.1 Å². The van der Waals surface area contributed by atoms with Crippen molar-refractivity contribution in [3.8, 4) is 0 Å². The molecule has 0 fully saturated rings. The van der Waals surface area contributed by atoms with Crippen LogP contribution in [0.1, 0.15) is 33.3 Å². The molecule has 0 saturated carbocycles. The SMILES string of the molecule is COC(=O)C1=C(c2cccc([N+](=O)[O-])c2)C(C(=O)OC(C)(C)CCl)=C(C)NC1C. The number of benzene rings is 1. The Bertz CT molecular complexity index is 919. The number of nitro benzene ring substituents is 1. The van der Waals surface area contributed by atoms with Gasteiger partial charge in [-0.15, -0.1) is 11.6 Å². The van der Waals surface area contributed by atoms with Gasteiger partial charge in [0, 0.05) is 23.4 Å². The maximum atomic E-state index is 13.0. The molecule has 0 radical (unpaired) electrons. The minimum atomic E-state index is -0.950. The molecule has 9 heteroatoms. The highest BCUT2D eigenvalue weighted by Crippen LogP contribution is 2.37. The predicted molar refractivity (Wildman–Crippen MR) is 108 cm³/mol. The molecule has 0 amide bonds. The molecular weight excluding hydrogens is 400 g/mol. The Morgan fingerprint density at radius 3 is 2.52 bits per heavy atom. The summed E-state index contributed by atoms with van der Waals surface area (Å²) in [6.07, 6.45) is 0. The molecule has 1 aromatic carbocycles. The van der Waals surface area contributed by atoms with Crippen LogP contribution < -0.4 is 5.32 Å². The number of nitro groups is 1. The molecule has 0 saturated heterocycles. The van der Waals surface area contributed by atoms with E-state index in [2.05, 4.69) is 5.32 Å². The van der Waals surface area contributed by atoms with Gasteiger partial charge in [-0.25, -0.2) is 9.59 Å². The highest BCUT2D eigenvalue weighted by atomic mass is 35.5. The number of ether oxygens (including phenoxy) is 2. The number of carbonyl (C=O) groups is 2. The summed E-state index contributed by atoms with van der Waals surface area (Å²) in [4.78, 5) is 36.3. The van der Waals surface area contributed by atoms with Crippen molar-refractivity contribution in [2.45, 2.75) is 39.3 Å². The molecule has 1 aromatic rings. The summed E-state index contributed by atoms with van der Waals surface area (Å²) < 4.78 is 10.4. The smallest absolute Gasteiger partial charge is 0.341 e. The first-order valence-corrected chi connectivity index (χ1v) is 9.40. The first-order chi connectivity index (χ1) is 13.5. The number of methoxy groups -OCH3 is 1. The number of rotatable bonds is 6. The van der Waals surface area contributed by atoms with Gasteiger partial charge in [0.25, 0.3) is 5.69 Å². The number of esters is 2. The summed E-state index contributed by atoms with van der Waals surface area (Å²) in [6.45, 7) is 6.72. The number of hydrogen-bond acceptors (Lipinski definition) is 7. The molecule has 2 rings (SSSR count). The fourth-order valence-electron chi connectivity index (χ4n) is 3.06. The Labute approximate surface area is 173 Å². The van der Waals surface area contributed by atoms with E-state index in [0.29, 0.717) is 11.3 Å². The van der Waals surface area contributed by atoms with Crippen LogP contribution in [-0.4, -0.2) is 41.5 Å². The van der Waals surface area contributed by atoms with E-state index >= 15 is 0 Å². The summed E-state index contributed by atoms with van der Waals surface area (Å²) >= 11 is 5.88. The van der Waals surface area contributed by atoms with Crippen molar-refractivity contribution in [3.63, 3.8) is 0 Å². The second kappa shape index (κ2) is 8.65. The average Bonchev–Trinajstić information content (AvgIpc) is 2.66. The number of carbonyl (C=O) groups excluding carboxylic acids is 2. The zero-order valence-electron chi connectivity index (χ0n) is 16.9. The largest absolute Gasteiger partial charge is 0.466 e. The van der Waals surface area contributed by atoms with E-state index in [1.807, 2.05) is 0 Å². The second-order valence-corrected chi connectivity index (χ2v) is 7.50. The summed E-state index contributed by atoms with van der Waals surface area (Å²) in [7, 11) is 1.23. The van der Waals surface area contributed by atoms with E-state index in [9.17, 15) is 19.7 Å². The predicted octanol–water partition coefficient (Wildman–Crippen LogP) is 3.35. The van der Waals surface area contributed by atoms with Gasteiger partial charge in [0.15, 0.2) is 0 Å². The zero-order valence-corrected chi connectivity index (χ0v) is 17.6. The zero-order chi connectivity index (χ0) is 21.9. The van der Waals surface area contributed by atoms with Crippen LogP contribution in [0.3, 0.4) is 0 Å². The molecule has 1 atom stereocenters. The van der Waals surface area contributed by atoms with Crippen molar-refractivity contribution < 1.29 is 24.0 Å². The monoisotopic (exact) mass is 422 g/mol. The van der Waals surface area contributed by atoms with E-state index in [0.717, 1.165) is 0 Å². The molecule has 1 aliphatic rings. The number of halogens is 1. The van der Waals surface area contributed by atoms with Crippen LogP contribution in [-0.2, 0) is 19.1 Å². The van der Waals surface area contributed by atoms with Crippen LogP contribution >= 0.6 is 11.6 Å². The second-order valence-electron chi connectivity index (χ2n) is 7.24. The van der Waals surface area contributed by atoms with Gasteiger partial charge >= 0.3 is 11.9 Å². The molecule has 29 heavy (non-hydrogen) atoms. The summed E-state index contributed by atoms with van der Waals surface area (Å²) in [5.41, 5.74) is 0.201. The van der Waals surface area contributed by atoms with Crippen molar-refractivity contribution in [1.82, 2.24) is 5.32 Å². The van der Waals surface area contributed by atoms with Crippen molar-refractivity contribution in [1.29, 1.82) is 0 Å². The molecule has 0 aromatic heterocycles. The third-order valence-electron chi connectivity index (χ3n) is 4.41. The molecule has 0 bridgehead atoms. The van der Waals surface area contributed by atoms with Crippen molar-refractivity contribution >= 4 is 34.8 Å². The van der Waals surface area contributed by atoms with E-state index in [-0.39, 0.29) is 28.3 Å². The first-order valence-electron chi connectivity index (χ1n) is 8.86.